The normalized spacial score (nSPS) is 12.7. The van der Waals surface area contributed by atoms with Crippen LogP contribution in [0, 0.1) is 5.92 Å². The Labute approximate surface area is 133 Å². The quantitative estimate of drug-likeness (QED) is 0.852. The molecule has 0 aliphatic rings. The maximum Gasteiger partial charge on any atom is 0.272 e. The second-order valence-corrected chi connectivity index (χ2v) is 5.41. The van der Waals surface area contributed by atoms with Gasteiger partial charge in [-0.15, -0.1) is 0 Å². The SMILES string of the molecule is COc1ccc(C=c2[nH]c(=O)c(=CC(C)C)[nH]c2=O)cc1OC. The molecule has 0 radical (unpaired) electrons. The highest BCUT2D eigenvalue weighted by molar-refractivity contribution is 5.55. The van der Waals surface area contributed by atoms with Crippen LogP contribution in [0.5, 0.6) is 11.5 Å². The van der Waals surface area contributed by atoms with E-state index in [0.29, 0.717) is 17.1 Å². The lowest BCUT2D eigenvalue weighted by molar-refractivity contribution is 0.355. The maximum atomic E-state index is 12.1. The predicted molar refractivity (Wildman–Crippen MR) is 89.3 cm³/mol. The zero-order valence-electron chi connectivity index (χ0n) is 13.6. The highest BCUT2D eigenvalue weighted by Crippen LogP contribution is 2.27. The molecule has 2 rings (SSSR count). The topological polar surface area (TPSA) is 84.2 Å². The van der Waals surface area contributed by atoms with Crippen molar-refractivity contribution in [2.45, 2.75) is 13.8 Å². The monoisotopic (exact) mass is 316 g/mol. The lowest BCUT2D eigenvalue weighted by Gasteiger charge is -2.07. The van der Waals surface area contributed by atoms with E-state index < -0.39 is 0 Å². The molecule has 6 nitrogen and oxygen atoms in total. The van der Waals surface area contributed by atoms with Gasteiger partial charge >= 0.3 is 0 Å². The number of ether oxygens (including phenoxy) is 2. The predicted octanol–water partition coefficient (Wildman–Crippen LogP) is 0.346. The summed E-state index contributed by atoms with van der Waals surface area (Å²) in [6, 6.07) is 5.23. The number of rotatable bonds is 4. The first-order chi connectivity index (χ1) is 10.9. The van der Waals surface area contributed by atoms with Crippen LogP contribution in [0.1, 0.15) is 19.4 Å². The fourth-order valence-corrected chi connectivity index (χ4v) is 2.15. The van der Waals surface area contributed by atoms with E-state index in [1.807, 2.05) is 13.8 Å². The summed E-state index contributed by atoms with van der Waals surface area (Å²) in [4.78, 5) is 29.4. The first-order valence-corrected chi connectivity index (χ1v) is 7.23. The summed E-state index contributed by atoms with van der Waals surface area (Å²) >= 11 is 0. The molecule has 0 spiro atoms. The van der Waals surface area contributed by atoms with Crippen molar-refractivity contribution >= 4 is 12.2 Å². The molecule has 0 saturated heterocycles. The van der Waals surface area contributed by atoms with Crippen LogP contribution >= 0.6 is 0 Å². The molecule has 1 aromatic heterocycles. The second-order valence-electron chi connectivity index (χ2n) is 5.41. The van der Waals surface area contributed by atoms with E-state index in [1.54, 1.807) is 37.5 Å². The zero-order chi connectivity index (χ0) is 17.0. The molecule has 0 bridgehead atoms. The van der Waals surface area contributed by atoms with E-state index in [4.69, 9.17) is 9.47 Å². The van der Waals surface area contributed by atoms with Gasteiger partial charge in [-0.3, -0.25) is 9.59 Å². The Balaban J connectivity index is 2.59. The minimum atomic E-state index is -0.355. The van der Waals surface area contributed by atoms with Crippen LogP contribution in [-0.4, -0.2) is 24.2 Å². The first-order valence-electron chi connectivity index (χ1n) is 7.23. The third kappa shape index (κ3) is 3.91. The van der Waals surface area contributed by atoms with Crippen molar-refractivity contribution < 1.29 is 9.47 Å². The van der Waals surface area contributed by atoms with Crippen molar-refractivity contribution in [3.63, 3.8) is 0 Å². The lowest BCUT2D eigenvalue weighted by Crippen LogP contribution is -2.47. The second kappa shape index (κ2) is 7.00. The van der Waals surface area contributed by atoms with Crippen molar-refractivity contribution in [1.82, 2.24) is 9.97 Å². The number of methoxy groups -OCH3 is 2. The number of nitrogens with one attached hydrogen (secondary N) is 2. The fourth-order valence-electron chi connectivity index (χ4n) is 2.15. The Morgan fingerprint density at radius 2 is 1.57 bits per heavy atom. The van der Waals surface area contributed by atoms with Gasteiger partial charge in [0, 0.05) is 0 Å². The molecule has 0 amide bonds. The molecule has 2 aromatic rings. The van der Waals surface area contributed by atoms with E-state index >= 15 is 0 Å². The van der Waals surface area contributed by atoms with E-state index in [2.05, 4.69) is 9.97 Å². The van der Waals surface area contributed by atoms with Gasteiger partial charge in [0.15, 0.2) is 11.5 Å². The van der Waals surface area contributed by atoms with E-state index in [9.17, 15) is 9.59 Å². The summed E-state index contributed by atoms with van der Waals surface area (Å²) in [7, 11) is 3.08. The molecule has 0 atom stereocenters. The number of benzene rings is 1. The number of hydrogen-bond donors (Lipinski definition) is 2. The molecule has 0 aliphatic heterocycles. The van der Waals surface area contributed by atoms with Crippen molar-refractivity contribution in [3.05, 3.63) is 55.2 Å². The van der Waals surface area contributed by atoms with Crippen molar-refractivity contribution in [2.75, 3.05) is 14.2 Å². The summed E-state index contributed by atoms with van der Waals surface area (Å²) in [6.45, 7) is 3.86. The molecule has 0 saturated carbocycles. The van der Waals surface area contributed by atoms with Crippen LogP contribution in [0.2, 0.25) is 0 Å². The minimum absolute atomic E-state index is 0.160. The first kappa shape index (κ1) is 16.6. The third-order valence-corrected chi connectivity index (χ3v) is 3.20. The molecule has 23 heavy (non-hydrogen) atoms. The number of hydrogen-bond acceptors (Lipinski definition) is 4. The fraction of sp³-hybridized carbons (Fsp3) is 0.294. The number of aromatic nitrogens is 2. The van der Waals surface area contributed by atoms with Gasteiger partial charge in [-0.05, 0) is 29.7 Å². The van der Waals surface area contributed by atoms with Crippen LogP contribution < -0.4 is 31.3 Å². The number of aromatic amines is 2. The summed E-state index contributed by atoms with van der Waals surface area (Å²) in [6.07, 6.45) is 3.29. The minimum Gasteiger partial charge on any atom is -0.493 e. The van der Waals surface area contributed by atoms with Crippen LogP contribution in [0.3, 0.4) is 0 Å². The molecule has 1 aromatic carbocycles. The average molecular weight is 316 g/mol. The van der Waals surface area contributed by atoms with Gasteiger partial charge in [0.05, 0.1) is 14.2 Å². The Morgan fingerprint density at radius 3 is 2.17 bits per heavy atom. The molecule has 122 valence electrons. The summed E-state index contributed by atoms with van der Waals surface area (Å²) < 4.78 is 10.4. The largest absolute Gasteiger partial charge is 0.493 e. The van der Waals surface area contributed by atoms with Gasteiger partial charge in [0.1, 0.15) is 10.7 Å². The molecular formula is C17H20N2O4. The Morgan fingerprint density at radius 1 is 0.957 bits per heavy atom. The smallest absolute Gasteiger partial charge is 0.272 e. The van der Waals surface area contributed by atoms with E-state index in [0.717, 1.165) is 0 Å². The molecule has 0 fully saturated rings. The molecule has 0 aliphatic carbocycles. The zero-order valence-corrected chi connectivity index (χ0v) is 13.6. The molecular weight excluding hydrogens is 296 g/mol. The van der Waals surface area contributed by atoms with Crippen LogP contribution in [0.4, 0.5) is 0 Å². The van der Waals surface area contributed by atoms with Gasteiger partial charge in [0.25, 0.3) is 11.1 Å². The van der Waals surface area contributed by atoms with Crippen LogP contribution in [-0.2, 0) is 0 Å². The third-order valence-electron chi connectivity index (χ3n) is 3.20. The molecule has 1 heterocycles. The van der Waals surface area contributed by atoms with Gasteiger partial charge < -0.3 is 19.4 Å². The Kier molecular flexibility index (Phi) is 5.05. The van der Waals surface area contributed by atoms with Crippen molar-refractivity contribution in [2.24, 2.45) is 5.92 Å². The van der Waals surface area contributed by atoms with E-state index in [-0.39, 0.29) is 27.7 Å². The maximum absolute atomic E-state index is 12.1. The van der Waals surface area contributed by atoms with Gasteiger partial charge in [0.2, 0.25) is 0 Å². The van der Waals surface area contributed by atoms with Crippen molar-refractivity contribution in [1.29, 1.82) is 0 Å². The Bertz CT molecular complexity index is 923. The summed E-state index contributed by atoms with van der Waals surface area (Å²) in [5, 5.41) is 0.456. The molecule has 0 unspecified atom stereocenters. The summed E-state index contributed by atoms with van der Waals surface area (Å²) in [5.74, 6) is 1.30. The highest BCUT2D eigenvalue weighted by Gasteiger charge is 2.03. The van der Waals surface area contributed by atoms with Crippen LogP contribution in [0.15, 0.2) is 27.8 Å². The summed E-state index contributed by atoms with van der Waals surface area (Å²) in [5.41, 5.74) is 0.0284. The molecule has 6 heteroatoms. The Hall–Kier alpha value is -2.76. The van der Waals surface area contributed by atoms with E-state index in [1.165, 1.54) is 7.11 Å². The van der Waals surface area contributed by atoms with Gasteiger partial charge in [-0.2, -0.15) is 0 Å². The average Bonchev–Trinajstić information content (AvgIpc) is 2.51. The van der Waals surface area contributed by atoms with Gasteiger partial charge in [-0.25, -0.2) is 0 Å². The highest BCUT2D eigenvalue weighted by atomic mass is 16.5. The van der Waals surface area contributed by atoms with Crippen LogP contribution in [0.25, 0.3) is 12.2 Å². The lowest BCUT2D eigenvalue weighted by atomic mass is 10.2. The number of H-pyrrole nitrogens is 2. The standard InChI is InChI=1S/C17H20N2O4/c1-10(2)7-12-16(20)19-13(17(21)18-12)8-11-5-6-14(22-3)15(9-11)23-4/h5-10H,1-4H3,(H,18,21)(H,19,20). The van der Waals surface area contributed by atoms with Crippen molar-refractivity contribution in [3.8, 4) is 11.5 Å². The molecule has 2 N–H and O–H groups in total. The van der Waals surface area contributed by atoms with Gasteiger partial charge in [-0.1, -0.05) is 26.0 Å².